The van der Waals surface area contributed by atoms with Crippen molar-refractivity contribution in [2.75, 3.05) is 20.8 Å². The summed E-state index contributed by atoms with van der Waals surface area (Å²) >= 11 is 0. The molecule has 0 atom stereocenters. The number of ether oxygens (including phenoxy) is 3. The number of benzene rings is 2. The highest BCUT2D eigenvalue weighted by Gasteiger charge is 2.09. The Hall–Kier alpha value is -3.02. The number of hydrazone groups is 1. The molecule has 0 aromatic heterocycles. The molecule has 138 valence electrons. The minimum Gasteiger partial charge on any atom is -0.497 e. The number of hydrogen-bond acceptors (Lipinski definition) is 5. The average Bonchev–Trinajstić information content (AvgIpc) is 2.67. The van der Waals surface area contributed by atoms with Gasteiger partial charge in [0, 0.05) is 11.6 Å². The molecule has 0 aliphatic rings. The van der Waals surface area contributed by atoms with Crippen molar-refractivity contribution >= 4 is 11.6 Å². The number of carbonyl (C=O) groups excluding carboxylic acids is 1. The van der Waals surface area contributed by atoms with Gasteiger partial charge in [0.2, 0.25) is 5.91 Å². The number of amides is 1. The normalized spacial score (nSPS) is 11.0. The summed E-state index contributed by atoms with van der Waals surface area (Å²) < 4.78 is 15.9. The van der Waals surface area contributed by atoms with Gasteiger partial charge in [0.15, 0.2) is 0 Å². The lowest BCUT2D eigenvalue weighted by Gasteiger charge is -2.10. The van der Waals surface area contributed by atoms with E-state index < -0.39 is 0 Å². The highest BCUT2D eigenvalue weighted by atomic mass is 16.5. The van der Waals surface area contributed by atoms with Crippen molar-refractivity contribution in [1.82, 2.24) is 5.43 Å². The SMILES string of the molecule is CCOc1ccc(CC(=O)N/N=C(/C)c2ccc(OC)cc2OC)cc1. The van der Waals surface area contributed by atoms with Crippen LogP contribution in [0.2, 0.25) is 0 Å². The molecule has 6 heteroatoms. The Morgan fingerprint density at radius 3 is 2.35 bits per heavy atom. The zero-order valence-electron chi connectivity index (χ0n) is 15.5. The van der Waals surface area contributed by atoms with E-state index in [0.29, 0.717) is 23.8 Å². The Labute approximate surface area is 153 Å². The molecule has 0 bridgehead atoms. The third-order valence-corrected chi connectivity index (χ3v) is 3.75. The quantitative estimate of drug-likeness (QED) is 0.583. The predicted molar refractivity (Wildman–Crippen MR) is 101 cm³/mol. The van der Waals surface area contributed by atoms with Crippen molar-refractivity contribution in [3.05, 3.63) is 53.6 Å². The zero-order chi connectivity index (χ0) is 18.9. The summed E-state index contributed by atoms with van der Waals surface area (Å²) in [5.74, 6) is 1.92. The van der Waals surface area contributed by atoms with Crippen LogP contribution in [0.3, 0.4) is 0 Å². The zero-order valence-corrected chi connectivity index (χ0v) is 15.5. The van der Waals surface area contributed by atoms with Crippen molar-refractivity contribution in [3.63, 3.8) is 0 Å². The van der Waals surface area contributed by atoms with Gasteiger partial charge in [-0.25, -0.2) is 5.43 Å². The van der Waals surface area contributed by atoms with Crippen LogP contribution in [-0.2, 0) is 11.2 Å². The molecule has 2 aromatic rings. The first-order chi connectivity index (χ1) is 12.6. The summed E-state index contributed by atoms with van der Waals surface area (Å²) in [4.78, 5) is 12.1. The molecule has 0 unspecified atom stereocenters. The minimum atomic E-state index is -0.194. The van der Waals surface area contributed by atoms with Crippen LogP contribution in [0.5, 0.6) is 17.2 Å². The molecule has 0 saturated heterocycles. The third-order valence-electron chi connectivity index (χ3n) is 3.75. The summed E-state index contributed by atoms with van der Waals surface area (Å²) in [5.41, 5.74) is 4.90. The van der Waals surface area contributed by atoms with Gasteiger partial charge in [-0.1, -0.05) is 12.1 Å². The van der Waals surface area contributed by atoms with Crippen LogP contribution in [0.1, 0.15) is 25.0 Å². The second-order valence-corrected chi connectivity index (χ2v) is 5.55. The fourth-order valence-corrected chi connectivity index (χ4v) is 2.40. The monoisotopic (exact) mass is 356 g/mol. The fourth-order valence-electron chi connectivity index (χ4n) is 2.40. The van der Waals surface area contributed by atoms with Crippen molar-refractivity contribution in [1.29, 1.82) is 0 Å². The average molecular weight is 356 g/mol. The molecule has 0 aliphatic heterocycles. The van der Waals surface area contributed by atoms with Crippen LogP contribution in [0.25, 0.3) is 0 Å². The van der Waals surface area contributed by atoms with Gasteiger partial charge in [-0.05, 0) is 43.7 Å². The molecule has 1 amide bonds. The number of rotatable bonds is 8. The summed E-state index contributed by atoms with van der Waals surface area (Å²) in [6.45, 7) is 4.35. The van der Waals surface area contributed by atoms with E-state index >= 15 is 0 Å². The molecular weight excluding hydrogens is 332 g/mol. The van der Waals surface area contributed by atoms with Crippen LogP contribution < -0.4 is 19.6 Å². The molecular formula is C20H24N2O4. The van der Waals surface area contributed by atoms with Crippen LogP contribution in [0.4, 0.5) is 0 Å². The summed E-state index contributed by atoms with van der Waals surface area (Å²) in [6, 6.07) is 12.9. The van der Waals surface area contributed by atoms with Gasteiger partial charge in [0.25, 0.3) is 0 Å². The van der Waals surface area contributed by atoms with Gasteiger partial charge in [-0.2, -0.15) is 5.10 Å². The minimum absolute atomic E-state index is 0.194. The first-order valence-corrected chi connectivity index (χ1v) is 8.34. The predicted octanol–water partition coefficient (Wildman–Crippen LogP) is 3.19. The number of hydrogen-bond donors (Lipinski definition) is 1. The largest absolute Gasteiger partial charge is 0.497 e. The Bertz CT molecular complexity index is 770. The van der Waals surface area contributed by atoms with E-state index in [1.165, 1.54) is 0 Å². The summed E-state index contributed by atoms with van der Waals surface area (Å²) in [6.07, 6.45) is 0.239. The smallest absolute Gasteiger partial charge is 0.244 e. The molecule has 6 nitrogen and oxygen atoms in total. The van der Waals surface area contributed by atoms with E-state index in [0.717, 1.165) is 16.9 Å². The molecule has 0 fully saturated rings. The molecule has 2 aromatic carbocycles. The van der Waals surface area contributed by atoms with E-state index in [-0.39, 0.29) is 12.3 Å². The Kier molecular flexibility index (Phi) is 7.02. The van der Waals surface area contributed by atoms with Gasteiger partial charge in [-0.3, -0.25) is 4.79 Å². The Morgan fingerprint density at radius 1 is 1.04 bits per heavy atom. The molecule has 0 radical (unpaired) electrons. The summed E-state index contributed by atoms with van der Waals surface area (Å²) in [5, 5.41) is 4.17. The first kappa shape index (κ1) is 19.3. The van der Waals surface area contributed by atoms with Gasteiger partial charge < -0.3 is 14.2 Å². The van der Waals surface area contributed by atoms with Gasteiger partial charge in [0.1, 0.15) is 17.2 Å². The number of nitrogens with zero attached hydrogens (tertiary/aromatic N) is 1. The van der Waals surface area contributed by atoms with Crippen LogP contribution >= 0.6 is 0 Å². The lowest BCUT2D eigenvalue weighted by atomic mass is 10.1. The van der Waals surface area contributed by atoms with Crippen LogP contribution in [0, 0.1) is 0 Å². The maximum absolute atomic E-state index is 12.1. The third kappa shape index (κ3) is 5.24. The second-order valence-electron chi connectivity index (χ2n) is 5.55. The van der Waals surface area contributed by atoms with Crippen molar-refractivity contribution < 1.29 is 19.0 Å². The molecule has 2 rings (SSSR count). The van der Waals surface area contributed by atoms with Crippen LogP contribution in [0.15, 0.2) is 47.6 Å². The molecule has 0 heterocycles. The molecule has 0 saturated carbocycles. The van der Waals surface area contributed by atoms with E-state index in [1.807, 2.05) is 50.2 Å². The highest BCUT2D eigenvalue weighted by molar-refractivity contribution is 6.01. The van der Waals surface area contributed by atoms with Crippen LogP contribution in [-0.4, -0.2) is 32.4 Å². The van der Waals surface area contributed by atoms with E-state index in [1.54, 1.807) is 20.3 Å². The van der Waals surface area contributed by atoms with Gasteiger partial charge in [0.05, 0.1) is 33.0 Å². The molecule has 26 heavy (non-hydrogen) atoms. The van der Waals surface area contributed by atoms with Gasteiger partial charge >= 0.3 is 0 Å². The Morgan fingerprint density at radius 2 is 1.73 bits per heavy atom. The molecule has 0 aliphatic carbocycles. The molecule has 1 N–H and O–H groups in total. The summed E-state index contributed by atoms with van der Waals surface area (Å²) in [7, 11) is 3.17. The fraction of sp³-hybridized carbons (Fsp3) is 0.300. The maximum atomic E-state index is 12.1. The maximum Gasteiger partial charge on any atom is 0.244 e. The van der Waals surface area contributed by atoms with E-state index in [2.05, 4.69) is 10.5 Å². The van der Waals surface area contributed by atoms with E-state index in [4.69, 9.17) is 14.2 Å². The number of methoxy groups -OCH3 is 2. The lowest BCUT2D eigenvalue weighted by molar-refractivity contribution is -0.120. The number of carbonyl (C=O) groups is 1. The van der Waals surface area contributed by atoms with Crippen molar-refractivity contribution in [2.24, 2.45) is 5.10 Å². The van der Waals surface area contributed by atoms with Gasteiger partial charge in [-0.15, -0.1) is 0 Å². The van der Waals surface area contributed by atoms with Crippen molar-refractivity contribution in [3.8, 4) is 17.2 Å². The topological polar surface area (TPSA) is 69.2 Å². The molecule has 0 spiro atoms. The van der Waals surface area contributed by atoms with E-state index in [9.17, 15) is 4.79 Å². The lowest BCUT2D eigenvalue weighted by Crippen LogP contribution is -2.21. The number of nitrogens with one attached hydrogen (secondary N) is 1. The first-order valence-electron chi connectivity index (χ1n) is 8.34. The second kappa shape index (κ2) is 9.46. The van der Waals surface area contributed by atoms with Crippen molar-refractivity contribution in [2.45, 2.75) is 20.3 Å². The standard InChI is InChI=1S/C20H24N2O4/c1-5-26-16-8-6-15(7-9-16)12-20(23)22-21-14(2)18-11-10-17(24-3)13-19(18)25-4/h6-11,13H,5,12H2,1-4H3,(H,22,23)/b21-14-. The Balaban J connectivity index is 2.00. The highest BCUT2D eigenvalue weighted by Crippen LogP contribution is 2.25.